The second-order valence-corrected chi connectivity index (χ2v) is 7.68. The number of hydrogen-bond donors (Lipinski definition) is 3. The lowest BCUT2D eigenvalue weighted by Gasteiger charge is -2.10. The van der Waals surface area contributed by atoms with Gasteiger partial charge in [-0.15, -0.1) is 0 Å². The number of carbonyl (C=O) groups excluding carboxylic acids is 3. The molecule has 0 aliphatic carbocycles. The summed E-state index contributed by atoms with van der Waals surface area (Å²) in [5.41, 5.74) is 4.76. The van der Waals surface area contributed by atoms with Crippen molar-refractivity contribution in [1.82, 2.24) is 5.43 Å². The van der Waals surface area contributed by atoms with Gasteiger partial charge >= 0.3 is 11.8 Å². The fourth-order valence-corrected chi connectivity index (χ4v) is 2.96. The maximum absolute atomic E-state index is 12.1. The van der Waals surface area contributed by atoms with E-state index in [1.165, 1.54) is 13.3 Å². The second-order valence-electron chi connectivity index (χ2n) is 7.25. The predicted molar refractivity (Wildman–Crippen MR) is 134 cm³/mol. The zero-order valence-electron chi connectivity index (χ0n) is 19.0. The Bertz CT molecular complexity index is 1230. The molecule has 0 aliphatic rings. The molecule has 3 amide bonds. The van der Waals surface area contributed by atoms with Crippen molar-refractivity contribution in [3.05, 3.63) is 82.9 Å². The quantitative estimate of drug-likeness (QED) is 0.250. The van der Waals surface area contributed by atoms with Crippen LogP contribution in [0.3, 0.4) is 0 Å². The normalized spacial score (nSPS) is 10.5. The van der Waals surface area contributed by atoms with E-state index in [9.17, 15) is 14.4 Å². The van der Waals surface area contributed by atoms with Crippen molar-refractivity contribution >= 4 is 46.9 Å². The average molecular weight is 495 g/mol. The van der Waals surface area contributed by atoms with E-state index < -0.39 is 11.8 Å². The summed E-state index contributed by atoms with van der Waals surface area (Å²) in [5.74, 6) is -0.996. The highest BCUT2D eigenvalue weighted by molar-refractivity contribution is 6.39. The highest BCUT2D eigenvalue weighted by Crippen LogP contribution is 2.20. The van der Waals surface area contributed by atoms with E-state index >= 15 is 0 Å². The van der Waals surface area contributed by atoms with Crippen LogP contribution in [-0.4, -0.2) is 37.7 Å². The van der Waals surface area contributed by atoms with Crippen molar-refractivity contribution < 1.29 is 23.9 Å². The molecule has 3 N–H and O–H groups in total. The molecule has 0 spiro atoms. The summed E-state index contributed by atoms with van der Waals surface area (Å²) in [6.07, 6.45) is 1.37. The Hall–Kier alpha value is -4.37. The minimum Gasteiger partial charge on any atom is -0.497 e. The summed E-state index contributed by atoms with van der Waals surface area (Å²) in [5, 5.41) is 9.51. The van der Waals surface area contributed by atoms with Crippen LogP contribution in [0, 0.1) is 6.92 Å². The molecule has 9 nitrogen and oxygen atoms in total. The Morgan fingerprint density at radius 3 is 2.29 bits per heavy atom. The van der Waals surface area contributed by atoms with Gasteiger partial charge in [-0.1, -0.05) is 17.7 Å². The first-order chi connectivity index (χ1) is 16.8. The Kier molecular flexibility index (Phi) is 8.80. The molecule has 3 aromatic carbocycles. The molecule has 0 radical (unpaired) electrons. The monoisotopic (exact) mass is 494 g/mol. The molecule has 3 aromatic rings. The van der Waals surface area contributed by atoms with Gasteiger partial charge in [0.15, 0.2) is 6.61 Å². The molecule has 0 bridgehead atoms. The second kappa shape index (κ2) is 12.2. The van der Waals surface area contributed by atoms with E-state index in [0.29, 0.717) is 33.5 Å². The third-order valence-corrected chi connectivity index (χ3v) is 4.89. The number of benzene rings is 3. The minimum atomic E-state index is -0.919. The largest absolute Gasteiger partial charge is 0.497 e. The Balaban J connectivity index is 1.43. The lowest BCUT2D eigenvalue weighted by atomic mass is 10.2. The first kappa shape index (κ1) is 25.3. The number of anilines is 2. The zero-order valence-corrected chi connectivity index (χ0v) is 19.8. The Morgan fingerprint density at radius 1 is 0.914 bits per heavy atom. The van der Waals surface area contributed by atoms with Crippen molar-refractivity contribution in [2.24, 2.45) is 5.10 Å². The third kappa shape index (κ3) is 7.86. The maximum atomic E-state index is 12.1. The van der Waals surface area contributed by atoms with Gasteiger partial charge in [0.1, 0.15) is 11.5 Å². The molecule has 0 unspecified atom stereocenters. The smallest absolute Gasteiger partial charge is 0.329 e. The van der Waals surface area contributed by atoms with E-state index in [0.717, 1.165) is 5.56 Å². The van der Waals surface area contributed by atoms with Crippen LogP contribution < -0.4 is 25.5 Å². The lowest BCUT2D eigenvalue weighted by Crippen LogP contribution is -2.32. The van der Waals surface area contributed by atoms with Crippen LogP contribution in [0.1, 0.15) is 11.1 Å². The van der Waals surface area contributed by atoms with E-state index in [4.69, 9.17) is 21.1 Å². The minimum absolute atomic E-state index is 0.182. The molecule has 0 atom stereocenters. The van der Waals surface area contributed by atoms with E-state index in [-0.39, 0.29) is 12.5 Å². The van der Waals surface area contributed by atoms with Crippen molar-refractivity contribution in [2.45, 2.75) is 6.92 Å². The number of hydrazone groups is 1. The molecule has 0 saturated heterocycles. The molecule has 35 heavy (non-hydrogen) atoms. The standard InChI is InChI=1S/C25H23ClN4O5/c1-16-3-6-18(26)13-22(16)29-23(31)15-35-21-9-4-17(5-10-21)14-27-30-25(33)24(32)28-19-7-11-20(34-2)12-8-19/h3-14H,15H2,1-2H3,(H,28,32)(H,29,31)(H,30,33)/b27-14-. The first-order valence-electron chi connectivity index (χ1n) is 10.4. The van der Waals surface area contributed by atoms with Crippen LogP contribution in [0.15, 0.2) is 71.8 Å². The summed E-state index contributed by atoms with van der Waals surface area (Å²) in [6.45, 7) is 1.68. The van der Waals surface area contributed by atoms with E-state index in [1.54, 1.807) is 60.7 Å². The lowest BCUT2D eigenvalue weighted by molar-refractivity contribution is -0.136. The van der Waals surface area contributed by atoms with Gasteiger partial charge in [-0.25, -0.2) is 5.43 Å². The van der Waals surface area contributed by atoms with Gasteiger partial charge in [0, 0.05) is 16.4 Å². The van der Waals surface area contributed by atoms with Gasteiger partial charge in [-0.05, 0) is 78.7 Å². The number of nitrogens with one attached hydrogen (secondary N) is 3. The number of aryl methyl sites for hydroxylation is 1. The number of nitrogens with zero attached hydrogens (tertiary/aromatic N) is 1. The summed E-state index contributed by atoms with van der Waals surface area (Å²) in [7, 11) is 1.53. The van der Waals surface area contributed by atoms with Crippen LogP contribution in [0.4, 0.5) is 11.4 Å². The third-order valence-electron chi connectivity index (χ3n) is 4.66. The highest BCUT2D eigenvalue weighted by Gasteiger charge is 2.13. The average Bonchev–Trinajstić information content (AvgIpc) is 2.86. The number of halogens is 1. The van der Waals surface area contributed by atoms with Crippen LogP contribution in [0.2, 0.25) is 5.02 Å². The van der Waals surface area contributed by atoms with Gasteiger partial charge in [-0.3, -0.25) is 14.4 Å². The summed E-state index contributed by atoms with van der Waals surface area (Å²) < 4.78 is 10.5. The molecule has 180 valence electrons. The van der Waals surface area contributed by atoms with Crippen molar-refractivity contribution in [3.63, 3.8) is 0 Å². The van der Waals surface area contributed by atoms with Crippen LogP contribution in [-0.2, 0) is 14.4 Å². The number of amides is 3. The van der Waals surface area contributed by atoms with Crippen LogP contribution in [0.25, 0.3) is 0 Å². The van der Waals surface area contributed by atoms with Crippen molar-refractivity contribution in [3.8, 4) is 11.5 Å². The maximum Gasteiger partial charge on any atom is 0.329 e. The van der Waals surface area contributed by atoms with Crippen LogP contribution in [0.5, 0.6) is 11.5 Å². The molecule has 0 aliphatic heterocycles. The van der Waals surface area contributed by atoms with Gasteiger partial charge in [-0.2, -0.15) is 5.10 Å². The molecule has 0 aromatic heterocycles. The van der Waals surface area contributed by atoms with Crippen molar-refractivity contribution in [2.75, 3.05) is 24.4 Å². The molecular weight excluding hydrogens is 472 g/mol. The van der Waals surface area contributed by atoms with Gasteiger partial charge in [0.25, 0.3) is 5.91 Å². The SMILES string of the molecule is COc1ccc(NC(=O)C(=O)N/N=C\c2ccc(OCC(=O)Nc3cc(Cl)ccc3C)cc2)cc1. The Morgan fingerprint density at radius 2 is 1.60 bits per heavy atom. The molecule has 0 fully saturated rings. The zero-order chi connectivity index (χ0) is 25.2. The van der Waals surface area contributed by atoms with Gasteiger partial charge < -0.3 is 20.1 Å². The molecule has 10 heteroatoms. The summed E-state index contributed by atoms with van der Waals surface area (Å²) in [4.78, 5) is 36.0. The van der Waals surface area contributed by atoms with Gasteiger partial charge in [0.05, 0.1) is 13.3 Å². The summed E-state index contributed by atoms with van der Waals surface area (Å²) in [6, 6.07) is 18.4. The fourth-order valence-electron chi connectivity index (χ4n) is 2.79. The fraction of sp³-hybridized carbons (Fsp3) is 0.120. The summed E-state index contributed by atoms with van der Waals surface area (Å²) >= 11 is 5.96. The molecule has 0 heterocycles. The topological polar surface area (TPSA) is 118 Å². The molecule has 3 rings (SSSR count). The number of rotatable bonds is 8. The first-order valence-corrected chi connectivity index (χ1v) is 10.8. The van der Waals surface area contributed by atoms with Gasteiger partial charge in [0.2, 0.25) is 0 Å². The molecular formula is C25H23ClN4O5. The Labute approximate surface area is 207 Å². The number of hydrogen-bond acceptors (Lipinski definition) is 6. The number of methoxy groups -OCH3 is 1. The predicted octanol–water partition coefficient (Wildman–Crippen LogP) is 3.76. The van der Waals surface area contributed by atoms with Crippen molar-refractivity contribution in [1.29, 1.82) is 0 Å². The highest BCUT2D eigenvalue weighted by atomic mass is 35.5. The number of carbonyl (C=O) groups is 3. The van der Waals surface area contributed by atoms with E-state index in [1.807, 2.05) is 13.0 Å². The number of ether oxygens (including phenoxy) is 2. The van der Waals surface area contributed by atoms with E-state index in [2.05, 4.69) is 21.2 Å². The molecule has 0 saturated carbocycles. The van der Waals surface area contributed by atoms with Crippen LogP contribution >= 0.6 is 11.6 Å².